The largest absolute Gasteiger partial charge is 0.450 e. The van der Waals surface area contributed by atoms with Crippen LogP contribution in [0.4, 0.5) is 5.82 Å². The fraction of sp³-hybridized carbons (Fsp3) is 0.143. The van der Waals surface area contributed by atoms with E-state index < -0.39 is 0 Å². The maximum atomic E-state index is 8.58. The fourth-order valence-electron chi connectivity index (χ4n) is 0.721. The molecule has 0 atom stereocenters. The first-order valence-corrected chi connectivity index (χ1v) is 3.46. The molecule has 1 heterocycles. The highest BCUT2D eigenvalue weighted by Gasteiger charge is 1.94. The molecule has 4 nitrogen and oxygen atoms in total. The van der Waals surface area contributed by atoms with Gasteiger partial charge in [0.2, 0.25) is 0 Å². The van der Waals surface area contributed by atoms with Crippen LogP contribution in [0.3, 0.4) is 0 Å². The van der Waals surface area contributed by atoms with Crippen molar-refractivity contribution < 1.29 is 5.02 Å². The summed E-state index contributed by atoms with van der Waals surface area (Å²) in [7, 11) is 0.982. The highest BCUT2D eigenvalue weighted by molar-refractivity contribution is 6.45. The predicted molar refractivity (Wildman–Crippen MR) is 48.8 cm³/mol. The van der Waals surface area contributed by atoms with E-state index in [0.29, 0.717) is 17.1 Å². The van der Waals surface area contributed by atoms with Gasteiger partial charge in [-0.2, -0.15) is 0 Å². The second-order valence-electron chi connectivity index (χ2n) is 2.33. The number of aliphatic imine (C=N–C) groups is 1. The molecule has 1 rings (SSSR count). The first-order valence-electron chi connectivity index (χ1n) is 3.46. The van der Waals surface area contributed by atoms with E-state index in [1.165, 1.54) is 6.20 Å². The molecule has 0 aliphatic carbocycles. The first kappa shape index (κ1) is 8.74. The fourth-order valence-corrected chi connectivity index (χ4v) is 0.721. The van der Waals surface area contributed by atoms with Gasteiger partial charge in [-0.05, 0) is 18.5 Å². The molecule has 0 spiro atoms. The van der Waals surface area contributed by atoms with Crippen molar-refractivity contribution in [3.05, 3.63) is 18.3 Å². The Kier molecular flexibility index (Phi) is 2.82. The molecule has 3 N–H and O–H groups in total. The number of nitrogens with two attached hydrogens (primary N) is 1. The number of amidine groups is 1. The second-order valence-corrected chi connectivity index (χ2v) is 2.33. The molecule has 0 aromatic carbocycles. The Labute approximate surface area is 71.4 Å². The van der Waals surface area contributed by atoms with Gasteiger partial charge in [0, 0.05) is 6.20 Å². The second kappa shape index (κ2) is 3.87. The molecule has 0 aliphatic rings. The van der Waals surface area contributed by atoms with E-state index in [0.717, 1.165) is 7.48 Å². The quantitative estimate of drug-likeness (QED) is 0.344. The molecular formula is C7H9BN3O. The number of rotatable bonds is 2. The van der Waals surface area contributed by atoms with E-state index >= 15 is 0 Å². The van der Waals surface area contributed by atoms with Crippen molar-refractivity contribution >= 4 is 24.6 Å². The molecule has 5 heteroatoms. The van der Waals surface area contributed by atoms with Crippen molar-refractivity contribution in [2.75, 3.05) is 0 Å². The van der Waals surface area contributed by atoms with Crippen LogP contribution in [0.5, 0.6) is 0 Å². The Bertz CT molecular complexity index is 279. The lowest BCUT2D eigenvalue weighted by atomic mass is 9.91. The summed E-state index contributed by atoms with van der Waals surface area (Å²) in [5.74, 6) is 1.00. The third-order valence-electron chi connectivity index (χ3n) is 1.21. The lowest BCUT2D eigenvalue weighted by Gasteiger charge is -1.95. The van der Waals surface area contributed by atoms with E-state index in [-0.39, 0.29) is 0 Å². The molecule has 1 aromatic rings. The zero-order chi connectivity index (χ0) is 8.97. The molecule has 0 saturated carbocycles. The van der Waals surface area contributed by atoms with E-state index in [1.807, 2.05) is 0 Å². The molecule has 0 bridgehead atoms. The topological polar surface area (TPSA) is 71.5 Å². The molecule has 12 heavy (non-hydrogen) atoms. The van der Waals surface area contributed by atoms with Gasteiger partial charge in [-0.15, -0.1) is 0 Å². The third kappa shape index (κ3) is 2.36. The van der Waals surface area contributed by atoms with Crippen LogP contribution in [0.15, 0.2) is 23.3 Å². The SMILES string of the molecule is CC(N)=Nc1ccc([B]O)cn1. The molecule has 0 aliphatic heterocycles. The van der Waals surface area contributed by atoms with E-state index in [9.17, 15) is 0 Å². The maximum absolute atomic E-state index is 8.58. The van der Waals surface area contributed by atoms with Crippen molar-refractivity contribution in [2.45, 2.75) is 6.92 Å². The van der Waals surface area contributed by atoms with Crippen LogP contribution >= 0.6 is 0 Å². The Morgan fingerprint density at radius 1 is 1.67 bits per heavy atom. The number of pyridine rings is 1. The van der Waals surface area contributed by atoms with Gasteiger partial charge in [0.15, 0.2) is 5.82 Å². The summed E-state index contributed by atoms with van der Waals surface area (Å²) < 4.78 is 0. The highest BCUT2D eigenvalue weighted by Crippen LogP contribution is 2.02. The highest BCUT2D eigenvalue weighted by atomic mass is 16.2. The number of aromatic nitrogens is 1. The van der Waals surface area contributed by atoms with Crippen LogP contribution in [0.1, 0.15) is 6.92 Å². The third-order valence-corrected chi connectivity index (χ3v) is 1.21. The van der Waals surface area contributed by atoms with Gasteiger partial charge in [-0.3, -0.25) is 0 Å². The number of hydrogen-bond acceptors (Lipinski definition) is 3. The lowest BCUT2D eigenvalue weighted by molar-refractivity contribution is 0.615. The molecule has 1 radical (unpaired) electrons. The smallest absolute Gasteiger partial charge is 0.328 e. The standard InChI is InChI=1S/C7H9BN3O/c1-5(9)11-7-3-2-6(8-12)4-10-7/h2-4,12H,1H3,(H2,9,10,11). The van der Waals surface area contributed by atoms with Crippen LogP contribution in [0.2, 0.25) is 0 Å². The van der Waals surface area contributed by atoms with E-state index in [1.54, 1.807) is 19.1 Å². The Balaban J connectivity index is 2.85. The van der Waals surface area contributed by atoms with Crippen LogP contribution in [-0.4, -0.2) is 23.3 Å². The van der Waals surface area contributed by atoms with Crippen molar-refractivity contribution in [3.63, 3.8) is 0 Å². The zero-order valence-electron chi connectivity index (χ0n) is 6.73. The minimum absolute atomic E-state index is 0.461. The van der Waals surface area contributed by atoms with Gasteiger partial charge < -0.3 is 10.8 Å². The Morgan fingerprint density at radius 3 is 2.83 bits per heavy atom. The van der Waals surface area contributed by atoms with Crippen LogP contribution < -0.4 is 11.2 Å². The van der Waals surface area contributed by atoms with Gasteiger partial charge in [0.25, 0.3) is 0 Å². The lowest BCUT2D eigenvalue weighted by Crippen LogP contribution is -2.13. The summed E-state index contributed by atoms with van der Waals surface area (Å²) in [4.78, 5) is 7.85. The summed E-state index contributed by atoms with van der Waals surface area (Å²) in [5, 5.41) is 8.58. The van der Waals surface area contributed by atoms with Crippen molar-refractivity contribution in [1.82, 2.24) is 4.98 Å². The molecule has 61 valence electrons. The number of nitrogens with zero attached hydrogens (tertiary/aromatic N) is 2. The average Bonchev–Trinajstić information content (AvgIpc) is 2.05. The van der Waals surface area contributed by atoms with Gasteiger partial charge in [-0.25, -0.2) is 9.98 Å². The molecule has 0 amide bonds. The van der Waals surface area contributed by atoms with Crippen LogP contribution in [-0.2, 0) is 0 Å². The molecule has 1 aromatic heterocycles. The van der Waals surface area contributed by atoms with Gasteiger partial charge in [0.1, 0.15) is 0 Å². The van der Waals surface area contributed by atoms with Crippen molar-refractivity contribution in [1.29, 1.82) is 0 Å². The maximum Gasteiger partial charge on any atom is 0.328 e. The normalized spacial score (nSPS) is 11.3. The summed E-state index contributed by atoms with van der Waals surface area (Å²) in [6, 6.07) is 3.38. The van der Waals surface area contributed by atoms with Gasteiger partial charge in [-0.1, -0.05) is 6.07 Å². The predicted octanol–water partition coefficient (Wildman–Crippen LogP) is -0.673. The Morgan fingerprint density at radius 2 is 2.42 bits per heavy atom. The first-order chi connectivity index (χ1) is 5.72. The summed E-state index contributed by atoms with van der Waals surface area (Å²) >= 11 is 0. The molecule has 0 unspecified atom stereocenters. The van der Waals surface area contributed by atoms with Crippen LogP contribution in [0, 0.1) is 0 Å². The minimum atomic E-state index is 0.461. The summed E-state index contributed by atoms with van der Waals surface area (Å²) in [6.07, 6.45) is 1.52. The number of hydrogen-bond donors (Lipinski definition) is 2. The molecular weight excluding hydrogens is 153 g/mol. The average molecular weight is 162 g/mol. The Hall–Kier alpha value is -1.36. The minimum Gasteiger partial charge on any atom is -0.450 e. The summed E-state index contributed by atoms with van der Waals surface area (Å²) in [5.41, 5.74) is 5.99. The van der Waals surface area contributed by atoms with Gasteiger partial charge in [0.05, 0.1) is 5.84 Å². The molecule has 0 fully saturated rings. The van der Waals surface area contributed by atoms with Crippen molar-refractivity contribution in [2.24, 2.45) is 10.7 Å². The monoisotopic (exact) mass is 162 g/mol. The van der Waals surface area contributed by atoms with Crippen molar-refractivity contribution in [3.8, 4) is 0 Å². The molecule has 0 saturated heterocycles. The zero-order valence-corrected chi connectivity index (χ0v) is 6.73. The summed E-state index contributed by atoms with van der Waals surface area (Å²) in [6.45, 7) is 1.69. The van der Waals surface area contributed by atoms with E-state index in [4.69, 9.17) is 10.8 Å². The van der Waals surface area contributed by atoms with Gasteiger partial charge >= 0.3 is 7.48 Å². The van der Waals surface area contributed by atoms with Crippen LogP contribution in [0.25, 0.3) is 0 Å². The van der Waals surface area contributed by atoms with E-state index in [2.05, 4.69) is 9.98 Å².